The molecule has 0 spiro atoms. The number of quaternary nitrogens is 1. The summed E-state index contributed by atoms with van der Waals surface area (Å²) >= 11 is 0. The first kappa shape index (κ1) is 77.1. The number of rotatable bonds is 55. The number of aliphatic carboxylic acids is 1. The second kappa shape index (κ2) is 62.2. The monoisotopic (exact) mass is 1140 g/mol. The lowest BCUT2D eigenvalue weighted by molar-refractivity contribution is -0.870. The molecule has 0 saturated heterocycles. The number of carbonyl (C=O) groups excluding carboxylic acids is 3. The highest BCUT2D eigenvalue weighted by Crippen LogP contribution is 2.12. The zero-order valence-corrected chi connectivity index (χ0v) is 52.5. The average molecular weight is 1140 g/mol. The SMILES string of the molecule is CC/C=C\C/C=C\C/C=C\C/C=C\C/C=C\C/C=C\C/C=C\C/C=C\C/C=C\CCCC(=O)OC(COC(=O)CCCCCCCCC/C=C\C/C=C\C/C=C\C/C=C\C/C=C\C/C=C\C/C=C\CC)COC(OCC[N+](C)(C)C)C(=O)[O-]. The number of hydrogen-bond acceptors (Lipinski definition) is 8. The quantitative estimate of drug-likeness (QED) is 0.0195. The molecule has 0 N–H and O–H groups in total. The van der Waals surface area contributed by atoms with Gasteiger partial charge in [-0.15, -0.1) is 0 Å². The van der Waals surface area contributed by atoms with Gasteiger partial charge in [0.15, 0.2) is 12.4 Å². The number of esters is 2. The third-order valence-electron chi connectivity index (χ3n) is 12.3. The third-order valence-corrected chi connectivity index (χ3v) is 12.3. The Morgan fingerprint density at radius 2 is 0.663 bits per heavy atom. The molecule has 0 rings (SSSR count). The molecule has 2 unspecified atom stereocenters. The molecule has 0 fully saturated rings. The van der Waals surface area contributed by atoms with Crippen LogP contribution in [0.4, 0.5) is 0 Å². The molecule has 0 aromatic rings. The first-order chi connectivity index (χ1) is 40.6. The predicted octanol–water partition coefficient (Wildman–Crippen LogP) is 18.1. The van der Waals surface area contributed by atoms with Gasteiger partial charge in [-0.05, 0) is 135 Å². The summed E-state index contributed by atoms with van der Waals surface area (Å²) in [6.45, 7) is 4.40. The molecule has 0 aromatic carbocycles. The van der Waals surface area contributed by atoms with E-state index in [0.717, 1.165) is 128 Å². The van der Waals surface area contributed by atoms with Crippen molar-refractivity contribution in [3.8, 4) is 0 Å². The molecule has 462 valence electrons. The van der Waals surface area contributed by atoms with E-state index in [9.17, 15) is 19.5 Å². The Kier molecular flexibility index (Phi) is 57.8. The van der Waals surface area contributed by atoms with E-state index >= 15 is 0 Å². The van der Waals surface area contributed by atoms with Crippen LogP contribution in [0.15, 0.2) is 194 Å². The third kappa shape index (κ3) is 63.6. The highest BCUT2D eigenvalue weighted by atomic mass is 16.7. The molecule has 0 aromatic heterocycles. The molecule has 0 aliphatic rings. The fourth-order valence-electron chi connectivity index (χ4n) is 7.57. The van der Waals surface area contributed by atoms with Crippen molar-refractivity contribution in [1.82, 2.24) is 0 Å². The normalized spacial score (nSPS) is 14.1. The van der Waals surface area contributed by atoms with Crippen LogP contribution in [0.3, 0.4) is 0 Å². The maximum atomic E-state index is 12.9. The summed E-state index contributed by atoms with van der Waals surface area (Å²) in [5.74, 6) is -2.41. The largest absolute Gasteiger partial charge is 0.545 e. The number of carbonyl (C=O) groups is 3. The van der Waals surface area contributed by atoms with Gasteiger partial charge in [-0.25, -0.2) is 0 Å². The second-order valence-electron chi connectivity index (χ2n) is 21.2. The molecular formula is C74H113NO8. The molecule has 9 heteroatoms. The van der Waals surface area contributed by atoms with Crippen LogP contribution < -0.4 is 5.11 Å². The molecule has 2 atom stereocenters. The Morgan fingerprint density at radius 1 is 0.361 bits per heavy atom. The van der Waals surface area contributed by atoms with Crippen molar-refractivity contribution < 1.29 is 42.9 Å². The highest BCUT2D eigenvalue weighted by Gasteiger charge is 2.22. The van der Waals surface area contributed by atoms with Crippen LogP contribution in [0.1, 0.15) is 194 Å². The minimum atomic E-state index is -1.66. The Labute approximate surface area is 506 Å². The van der Waals surface area contributed by atoms with E-state index in [-0.39, 0.29) is 32.7 Å². The molecule has 0 amide bonds. The van der Waals surface area contributed by atoms with Gasteiger partial charge in [-0.1, -0.05) is 240 Å². The van der Waals surface area contributed by atoms with Crippen LogP contribution in [-0.4, -0.2) is 82.3 Å². The van der Waals surface area contributed by atoms with Crippen LogP contribution in [-0.2, 0) is 33.3 Å². The molecule has 83 heavy (non-hydrogen) atoms. The minimum absolute atomic E-state index is 0.122. The van der Waals surface area contributed by atoms with Gasteiger partial charge in [-0.3, -0.25) is 9.59 Å². The fourth-order valence-corrected chi connectivity index (χ4v) is 7.57. The van der Waals surface area contributed by atoms with Gasteiger partial charge in [0.1, 0.15) is 13.2 Å². The van der Waals surface area contributed by atoms with Gasteiger partial charge in [0.2, 0.25) is 0 Å². The van der Waals surface area contributed by atoms with Gasteiger partial charge < -0.3 is 33.3 Å². The van der Waals surface area contributed by atoms with E-state index in [1.807, 2.05) is 27.2 Å². The van der Waals surface area contributed by atoms with Crippen LogP contribution in [0.5, 0.6) is 0 Å². The number of nitrogens with zero attached hydrogens (tertiary/aromatic N) is 1. The Hall–Kier alpha value is -5.87. The number of likely N-dealkylation sites (N-methyl/N-ethyl adjacent to an activating group) is 1. The number of hydrogen-bond donors (Lipinski definition) is 0. The molecule has 0 bridgehead atoms. The summed E-state index contributed by atoms with van der Waals surface area (Å²) in [6, 6.07) is 0. The number of ether oxygens (including phenoxy) is 4. The molecular weight excluding hydrogens is 1030 g/mol. The zero-order chi connectivity index (χ0) is 60.5. The summed E-state index contributed by atoms with van der Waals surface area (Å²) in [4.78, 5) is 37.4. The molecule has 0 heterocycles. The molecule has 0 radical (unpaired) electrons. The standard InChI is InChI=1S/C74H113NO8/c1-6-8-10-12-14-16-18-20-22-24-26-28-30-32-34-36-38-40-42-44-46-48-50-52-54-56-58-60-62-64-71(76)81-68-70(69-82-74(73(78)79)80-67-66-75(3,4)5)83-72(77)65-63-61-59-57-55-53-51-49-47-45-43-41-39-37-35-33-31-29-27-25-23-21-19-17-15-13-11-9-7-2/h8-11,14-17,20-23,26-29,32-35,38-41,44-47,51,53,57,59,70,74H,6-7,12-13,18-19,24-25,30-31,36-37,42-43,48-50,52,54-56,58,60-69H2,1-5H3/b10-8-,11-9-,16-14-,17-15-,22-20-,23-21-,28-26-,29-27-,34-32-,35-33-,40-38-,41-39-,46-44-,47-45-,53-51-,59-57-. The first-order valence-corrected chi connectivity index (χ1v) is 31.6. The van der Waals surface area contributed by atoms with Gasteiger partial charge in [0.05, 0.1) is 40.3 Å². The number of allylic oxidation sites excluding steroid dienone is 32. The highest BCUT2D eigenvalue weighted by molar-refractivity contribution is 5.70. The van der Waals surface area contributed by atoms with Crippen LogP contribution in [0.2, 0.25) is 0 Å². The van der Waals surface area contributed by atoms with Crippen molar-refractivity contribution in [2.24, 2.45) is 0 Å². The second-order valence-corrected chi connectivity index (χ2v) is 21.2. The van der Waals surface area contributed by atoms with Crippen LogP contribution in [0.25, 0.3) is 0 Å². The van der Waals surface area contributed by atoms with Crippen molar-refractivity contribution in [3.63, 3.8) is 0 Å². The van der Waals surface area contributed by atoms with Crippen molar-refractivity contribution >= 4 is 17.9 Å². The number of carboxylic acid groups (broad SMARTS) is 1. The van der Waals surface area contributed by atoms with Crippen molar-refractivity contribution in [2.75, 3.05) is 47.5 Å². The summed E-state index contributed by atoms with van der Waals surface area (Å²) in [7, 11) is 5.88. The van der Waals surface area contributed by atoms with E-state index in [1.54, 1.807) is 0 Å². The maximum absolute atomic E-state index is 12.9. The Morgan fingerprint density at radius 3 is 1.00 bits per heavy atom. The topological polar surface area (TPSA) is 111 Å². The van der Waals surface area contributed by atoms with E-state index < -0.39 is 30.3 Å². The number of unbranched alkanes of at least 4 members (excludes halogenated alkanes) is 8. The van der Waals surface area contributed by atoms with Crippen molar-refractivity contribution in [2.45, 2.75) is 206 Å². The Bertz CT molecular complexity index is 2060. The van der Waals surface area contributed by atoms with Gasteiger partial charge in [0.25, 0.3) is 0 Å². The molecule has 9 nitrogen and oxygen atoms in total. The number of carboxylic acids is 1. The summed E-state index contributed by atoms with van der Waals surface area (Å²) in [5.41, 5.74) is 0. The van der Waals surface area contributed by atoms with Crippen LogP contribution in [0, 0.1) is 0 Å². The zero-order valence-electron chi connectivity index (χ0n) is 52.5. The van der Waals surface area contributed by atoms with E-state index in [1.165, 1.54) is 19.3 Å². The summed E-state index contributed by atoms with van der Waals surface area (Å²) in [5, 5.41) is 11.8. The molecule has 0 saturated carbocycles. The van der Waals surface area contributed by atoms with Crippen molar-refractivity contribution in [3.05, 3.63) is 194 Å². The van der Waals surface area contributed by atoms with Crippen molar-refractivity contribution in [1.29, 1.82) is 0 Å². The van der Waals surface area contributed by atoms with Gasteiger partial charge in [0, 0.05) is 12.8 Å². The Balaban J connectivity index is 4.40. The van der Waals surface area contributed by atoms with E-state index in [2.05, 4.69) is 202 Å². The fraction of sp³-hybridized carbons (Fsp3) is 0.527. The summed E-state index contributed by atoms with van der Waals surface area (Å²) < 4.78 is 22.6. The lowest BCUT2D eigenvalue weighted by Crippen LogP contribution is -2.44. The van der Waals surface area contributed by atoms with E-state index in [0.29, 0.717) is 30.3 Å². The van der Waals surface area contributed by atoms with Crippen LogP contribution >= 0.6 is 0 Å². The first-order valence-electron chi connectivity index (χ1n) is 31.6. The molecule has 0 aliphatic heterocycles. The molecule has 0 aliphatic carbocycles. The smallest absolute Gasteiger partial charge is 0.306 e. The van der Waals surface area contributed by atoms with E-state index in [4.69, 9.17) is 18.9 Å². The predicted molar refractivity (Wildman–Crippen MR) is 351 cm³/mol. The average Bonchev–Trinajstić information content (AvgIpc) is 3.46. The van der Waals surface area contributed by atoms with Gasteiger partial charge in [-0.2, -0.15) is 0 Å². The lowest BCUT2D eigenvalue weighted by Gasteiger charge is -2.26. The lowest BCUT2D eigenvalue weighted by atomic mass is 10.1. The minimum Gasteiger partial charge on any atom is -0.545 e. The van der Waals surface area contributed by atoms with Gasteiger partial charge >= 0.3 is 11.9 Å². The maximum Gasteiger partial charge on any atom is 0.306 e. The summed E-state index contributed by atoms with van der Waals surface area (Å²) in [6.07, 6.45) is 93.5.